The van der Waals surface area contributed by atoms with Crippen LogP contribution in [0.25, 0.3) is 11.3 Å². The third kappa shape index (κ3) is 3.63. The molecule has 2 aromatic rings. The highest BCUT2D eigenvalue weighted by Crippen LogP contribution is 2.24. The smallest absolute Gasteiger partial charge is 0.265 e. The summed E-state index contributed by atoms with van der Waals surface area (Å²) in [6.07, 6.45) is 3.28. The van der Waals surface area contributed by atoms with Crippen molar-refractivity contribution in [3.8, 4) is 11.3 Å². The van der Waals surface area contributed by atoms with Crippen LogP contribution in [0, 0.1) is 6.92 Å². The quantitative estimate of drug-likeness (QED) is 0.829. The van der Waals surface area contributed by atoms with Crippen molar-refractivity contribution in [2.24, 2.45) is 0 Å². The fourth-order valence-electron chi connectivity index (χ4n) is 1.90. The largest absolute Gasteiger partial charge is 0.351 e. The average molecular weight is 289 g/mol. The summed E-state index contributed by atoms with van der Waals surface area (Å²) in [7, 11) is 0. The first kappa shape index (κ1) is 14.7. The summed E-state index contributed by atoms with van der Waals surface area (Å²) >= 11 is 1.15. The molecule has 2 rings (SSSR count). The maximum absolute atomic E-state index is 12.1. The first-order valence-electron chi connectivity index (χ1n) is 6.90. The fourth-order valence-corrected chi connectivity index (χ4v) is 2.50. The van der Waals surface area contributed by atoms with Gasteiger partial charge in [0, 0.05) is 12.1 Å². The van der Waals surface area contributed by atoms with Crippen LogP contribution in [0.2, 0.25) is 0 Å². The van der Waals surface area contributed by atoms with Gasteiger partial charge in [-0.05, 0) is 24.9 Å². The highest BCUT2D eigenvalue weighted by molar-refractivity contribution is 7.08. The Balaban J connectivity index is 2.08. The zero-order valence-electron chi connectivity index (χ0n) is 11.8. The van der Waals surface area contributed by atoms with Crippen LogP contribution in [0.3, 0.4) is 0 Å². The van der Waals surface area contributed by atoms with Gasteiger partial charge in [-0.25, -0.2) is 0 Å². The number of carbonyl (C=O) groups is 1. The molecule has 0 aliphatic rings. The van der Waals surface area contributed by atoms with E-state index in [1.54, 1.807) is 0 Å². The molecule has 1 N–H and O–H groups in total. The topological polar surface area (TPSA) is 54.9 Å². The van der Waals surface area contributed by atoms with Gasteiger partial charge in [0.25, 0.3) is 5.91 Å². The van der Waals surface area contributed by atoms with E-state index in [0.717, 1.165) is 36.4 Å². The molecule has 1 heterocycles. The van der Waals surface area contributed by atoms with Crippen molar-refractivity contribution in [3.63, 3.8) is 0 Å². The van der Waals surface area contributed by atoms with Crippen molar-refractivity contribution in [2.45, 2.75) is 33.1 Å². The number of hydrogen-bond donors (Lipinski definition) is 1. The van der Waals surface area contributed by atoms with E-state index in [4.69, 9.17) is 0 Å². The molecule has 0 spiro atoms. The SMILES string of the molecule is CCCCCNC(=O)c1snnc1-c1ccc(C)cc1. The second kappa shape index (κ2) is 7.14. The predicted octanol–water partition coefficient (Wildman–Crippen LogP) is 3.43. The molecule has 1 amide bonds. The fraction of sp³-hybridized carbons (Fsp3) is 0.400. The van der Waals surface area contributed by atoms with Crippen molar-refractivity contribution in [2.75, 3.05) is 6.54 Å². The molecule has 0 saturated heterocycles. The van der Waals surface area contributed by atoms with Gasteiger partial charge < -0.3 is 5.32 Å². The molecule has 1 aromatic heterocycles. The van der Waals surface area contributed by atoms with E-state index in [1.165, 1.54) is 5.56 Å². The summed E-state index contributed by atoms with van der Waals surface area (Å²) < 4.78 is 3.92. The molecule has 0 aliphatic carbocycles. The number of hydrogen-bond acceptors (Lipinski definition) is 4. The molecule has 20 heavy (non-hydrogen) atoms. The van der Waals surface area contributed by atoms with E-state index < -0.39 is 0 Å². The molecule has 0 fully saturated rings. The minimum atomic E-state index is -0.0771. The molecular weight excluding hydrogens is 270 g/mol. The number of carbonyl (C=O) groups excluding carboxylic acids is 1. The zero-order chi connectivity index (χ0) is 14.4. The summed E-state index contributed by atoms with van der Waals surface area (Å²) in [5, 5.41) is 7.02. The first-order valence-corrected chi connectivity index (χ1v) is 7.67. The standard InChI is InChI=1S/C15H19N3OS/c1-3-4-5-10-16-15(19)14-13(17-18-20-14)12-8-6-11(2)7-9-12/h6-9H,3-5,10H2,1-2H3,(H,16,19). The number of nitrogens with zero attached hydrogens (tertiary/aromatic N) is 2. The molecule has 1 aromatic carbocycles. The van der Waals surface area contributed by atoms with Gasteiger partial charge in [-0.3, -0.25) is 4.79 Å². The number of aryl methyl sites for hydroxylation is 1. The van der Waals surface area contributed by atoms with Crippen LogP contribution < -0.4 is 5.32 Å². The summed E-state index contributed by atoms with van der Waals surface area (Å²) in [4.78, 5) is 12.7. The average Bonchev–Trinajstić information content (AvgIpc) is 2.93. The minimum absolute atomic E-state index is 0.0771. The summed E-state index contributed by atoms with van der Waals surface area (Å²) in [5.41, 5.74) is 2.79. The number of nitrogens with one attached hydrogen (secondary N) is 1. The number of aromatic nitrogens is 2. The van der Waals surface area contributed by atoms with Crippen molar-refractivity contribution in [1.29, 1.82) is 0 Å². The highest BCUT2D eigenvalue weighted by Gasteiger charge is 2.17. The lowest BCUT2D eigenvalue weighted by Crippen LogP contribution is -2.24. The van der Waals surface area contributed by atoms with Crippen LogP contribution in [-0.2, 0) is 0 Å². The van der Waals surface area contributed by atoms with E-state index in [1.807, 2.05) is 31.2 Å². The highest BCUT2D eigenvalue weighted by atomic mass is 32.1. The Kier molecular flexibility index (Phi) is 5.24. The van der Waals surface area contributed by atoms with Crippen LogP contribution in [0.5, 0.6) is 0 Å². The number of rotatable bonds is 6. The molecule has 0 atom stereocenters. The van der Waals surface area contributed by atoms with Crippen molar-refractivity contribution < 1.29 is 4.79 Å². The van der Waals surface area contributed by atoms with E-state index in [2.05, 4.69) is 21.8 Å². The zero-order valence-corrected chi connectivity index (χ0v) is 12.7. The Bertz CT molecular complexity index is 563. The van der Waals surface area contributed by atoms with Crippen molar-refractivity contribution >= 4 is 17.4 Å². The third-order valence-electron chi connectivity index (χ3n) is 3.09. The van der Waals surface area contributed by atoms with Gasteiger partial charge in [-0.15, -0.1) is 5.10 Å². The first-order chi connectivity index (χ1) is 9.72. The second-order valence-electron chi connectivity index (χ2n) is 4.78. The third-order valence-corrected chi connectivity index (χ3v) is 3.81. The molecule has 0 saturated carbocycles. The van der Waals surface area contributed by atoms with E-state index in [9.17, 15) is 4.79 Å². The molecule has 4 nitrogen and oxygen atoms in total. The molecule has 5 heteroatoms. The van der Waals surface area contributed by atoms with Crippen LogP contribution >= 0.6 is 11.5 Å². The lowest BCUT2D eigenvalue weighted by atomic mass is 10.1. The van der Waals surface area contributed by atoms with Gasteiger partial charge in [-0.1, -0.05) is 54.1 Å². The number of unbranched alkanes of at least 4 members (excludes halogenated alkanes) is 2. The number of benzene rings is 1. The molecule has 0 radical (unpaired) electrons. The van der Waals surface area contributed by atoms with E-state index in [-0.39, 0.29) is 5.91 Å². The maximum Gasteiger partial charge on any atom is 0.265 e. The molecular formula is C15H19N3OS. The lowest BCUT2D eigenvalue weighted by Gasteiger charge is -2.04. The lowest BCUT2D eigenvalue weighted by molar-refractivity contribution is 0.0957. The van der Waals surface area contributed by atoms with Crippen LogP contribution in [0.1, 0.15) is 41.4 Å². The van der Waals surface area contributed by atoms with Gasteiger partial charge in [0.05, 0.1) is 0 Å². The van der Waals surface area contributed by atoms with E-state index in [0.29, 0.717) is 17.1 Å². The molecule has 0 unspecified atom stereocenters. The van der Waals surface area contributed by atoms with Gasteiger partial charge >= 0.3 is 0 Å². The Morgan fingerprint density at radius 1 is 1.25 bits per heavy atom. The molecule has 0 aliphatic heterocycles. The van der Waals surface area contributed by atoms with E-state index >= 15 is 0 Å². The molecule has 106 valence electrons. The Labute approximate surface area is 123 Å². The Hall–Kier alpha value is -1.75. The maximum atomic E-state index is 12.1. The van der Waals surface area contributed by atoms with Gasteiger partial charge in [0.15, 0.2) is 0 Å². The van der Waals surface area contributed by atoms with Crippen molar-refractivity contribution in [1.82, 2.24) is 14.9 Å². The van der Waals surface area contributed by atoms with Crippen LogP contribution in [-0.4, -0.2) is 22.0 Å². The normalized spacial score (nSPS) is 10.5. The Morgan fingerprint density at radius 3 is 2.70 bits per heavy atom. The molecule has 0 bridgehead atoms. The monoisotopic (exact) mass is 289 g/mol. The summed E-state index contributed by atoms with van der Waals surface area (Å²) in [5.74, 6) is -0.0771. The van der Waals surface area contributed by atoms with Crippen LogP contribution in [0.4, 0.5) is 0 Å². The summed E-state index contributed by atoms with van der Waals surface area (Å²) in [6, 6.07) is 7.97. The summed E-state index contributed by atoms with van der Waals surface area (Å²) in [6.45, 7) is 4.88. The van der Waals surface area contributed by atoms with Gasteiger partial charge in [-0.2, -0.15) is 0 Å². The Morgan fingerprint density at radius 2 is 2.00 bits per heavy atom. The van der Waals surface area contributed by atoms with Gasteiger partial charge in [0.1, 0.15) is 10.6 Å². The predicted molar refractivity (Wildman–Crippen MR) is 81.9 cm³/mol. The second-order valence-corrected chi connectivity index (χ2v) is 5.53. The number of amides is 1. The minimum Gasteiger partial charge on any atom is -0.351 e. The van der Waals surface area contributed by atoms with Crippen LogP contribution in [0.15, 0.2) is 24.3 Å². The van der Waals surface area contributed by atoms with Gasteiger partial charge in [0.2, 0.25) is 0 Å². The van der Waals surface area contributed by atoms with Crippen molar-refractivity contribution in [3.05, 3.63) is 34.7 Å².